The normalized spacial score (nSPS) is 14.8. The fourth-order valence-electron chi connectivity index (χ4n) is 1.52. The summed E-state index contributed by atoms with van der Waals surface area (Å²) in [5.41, 5.74) is 1.09. The summed E-state index contributed by atoms with van der Waals surface area (Å²) >= 11 is 0. The molecule has 3 nitrogen and oxygen atoms in total. The first kappa shape index (κ1) is 15.7. The van der Waals surface area contributed by atoms with E-state index in [4.69, 9.17) is 0 Å². The van der Waals surface area contributed by atoms with Gasteiger partial charge in [0, 0.05) is 5.69 Å². The zero-order valence-corrected chi connectivity index (χ0v) is 12.7. The fraction of sp³-hybridized carbons (Fsp3) is 0.562. The van der Waals surface area contributed by atoms with E-state index in [1.54, 1.807) is 0 Å². The van der Waals surface area contributed by atoms with Gasteiger partial charge in [-0.15, -0.1) is 0 Å². The Labute approximate surface area is 116 Å². The summed E-state index contributed by atoms with van der Waals surface area (Å²) in [5.74, 6) is 0.520. The molecule has 0 aliphatic rings. The maximum absolute atomic E-state index is 12.0. The Kier molecular flexibility index (Phi) is 5.55. The number of amides is 1. The van der Waals surface area contributed by atoms with E-state index in [1.165, 1.54) is 0 Å². The first-order valence-electron chi connectivity index (χ1n) is 6.90. The van der Waals surface area contributed by atoms with Gasteiger partial charge in [-0.2, -0.15) is 0 Å². The van der Waals surface area contributed by atoms with Crippen LogP contribution in [-0.2, 0) is 4.79 Å². The van der Waals surface area contributed by atoms with Crippen LogP contribution in [0.25, 0.3) is 0 Å². The number of anilines is 1. The van der Waals surface area contributed by atoms with Gasteiger partial charge in [0.05, 0.1) is 6.04 Å². The zero-order valence-electron chi connectivity index (χ0n) is 12.7. The third-order valence-corrected chi connectivity index (χ3v) is 3.64. The number of hydrogen-bond donors (Lipinski definition) is 2. The zero-order chi connectivity index (χ0) is 14.5. The monoisotopic (exact) mass is 262 g/mol. The molecular formula is C16H26N2O. The summed E-state index contributed by atoms with van der Waals surface area (Å²) in [6.07, 6.45) is 0. The van der Waals surface area contributed by atoms with Gasteiger partial charge in [-0.1, -0.05) is 45.9 Å². The smallest absolute Gasteiger partial charge is 0.241 e. The Hall–Kier alpha value is -1.35. The molecule has 0 saturated carbocycles. The maximum atomic E-state index is 12.0. The van der Waals surface area contributed by atoms with Crippen molar-refractivity contribution in [3.8, 4) is 0 Å². The minimum atomic E-state index is -0.190. The molecule has 2 unspecified atom stereocenters. The molecule has 0 aromatic heterocycles. The van der Waals surface area contributed by atoms with Crippen LogP contribution in [-0.4, -0.2) is 18.5 Å². The first-order valence-corrected chi connectivity index (χ1v) is 6.90. The molecule has 2 atom stereocenters. The van der Waals surface area contributed by atoms with Crippen LogP contribution in [0.15, 0.2) is 30.3 Å². The maximum Gasteiger partial charge on any atom is 0.241 e. The fourth-order valence-corrected chi connectivity index (χ4v) is 1.52. The quantitative estimate of drug-likeness (QED) is 0.855. The van der Waals surface area contributed by atoms with Crippen LogP contribution in [0.4, 0.5) is 5.69 Å². The van der Waals surface area contributed by atoms with Crippen molar-refractivity contribution in [2.24, 2.45) is 11.3 Å². The average Bonchev–Trinajstić information content (AvgIpc) is 2.35. The van der Waals surface area contributed by atoms with E-state index in [9.17, 15) is 4.79 Å². The summed E-state index contributed by atoms with van der Waals surface area (Å²) in [6, 6.07) is 9.35. The Morgan fingerprint density at radius 3 is 2.26 bits per heavy atom. The largest absolute Gasteiger partial charge is 0.325 e. The summed E-state index contributed by atoms with van der Waals surface area (Å²) in [4.78, 5) is 12.0. The van der Waals surface area contributed by atoms with Crippen molar-refractivity contribution in [2.45, 2.75) is 40.7 Å². The molecule has 0 radical (unpaired) electrons. The highest BCUT2D eigenvalue weighted by molar-refractivity contribution is 5.94. The van der Waals surface area contributed by atoms with Gasteiger partial charge in [0.2, 0.25) is 5.91 Å². The van der Waals surface area contributed by atoms with Crippen molar-refractivity contribution < 1.29 is 4.79 Å². The van der Waals surface area contributed by atoms with Crippen LogP contribution < -0.4 is 10.6 Å². The van der Waals surface area contributed by atoms with E-state index >= 15 is 0 Å². The second-order valence-corrected chi connectivity index (χ2v) is 6.25. The van der Waals surface area contributed by atoms with Gasteiger partial charge in [0.25, 0.3) is 0 Å². The third kappa shape index (κ3) is 5.43. The number of benzene rings is 1. The van der Waals surface area contributed by atoms with Crippen LogP contribution in [0.2, 0.25) is 0 Å². The van der Waals surface area contributed by atoms with Crippen molar-refractivity contribution in [1.82, 2.24) is 5.32 Å². The SMILES string of the molecule is CC(NCC(C)C(C)(C)C)C(=O)Nc1ccccc1. The van der Waals surface area contributed by atoms with Crippen LogP contribution >= 0.6 is 0 Å². The van der Waals surface area contributed by atoms with Gasteiger partial charge in [-0.25, -0.2) is 0 Å². The third-order valence-electron chi connectivity index (χ3n) is 3.64. The second kappa shape index (κ2) is 6.71. The molecular weight excluding hydrogens is 236 g/mol. The molecule has 3 heteroatoms. The lowest BCUT2D eigenvalue weighted by Gasteiger charge is -2.28. The Morgan fingerprint density at radius 1 is 1.16 bits per heavy atom. The minimum absolute atomic E-state index is 0.00677. The van der Waals surface area contributed by atoms with Gasteiger partial charge in [0.1, 0.15) is 0 Å². The molecule has 1 rings (SSSR count). The molecule has 1 aromatic rings. The first-order chi connectivity index (χ1) is 8.80. The second-order valence-electron chi connectivity index (χ2n) is 6.25. The van der Waals surface area contributed by atoms with Crippen LogP contribution in [0, 0.1) is 11.3 Å². The number of rotatable bonds is 5. The molecule has 0 fully saturated rings. The highest BCUT2D eigenvalue weighted by Gasteiger charge is 2.21. The van der Waals surface area contributed by atoms with E-state index in [0.29, 0.717) is 5.92 Å². The lowest BCUT2D eigenvalue weighted by atomic mass is 9.82. The summed E-state index contributed by atoms with van der Waals surface area (Å²) in [6.45, 7) is 11.6. The van der Waals surface area contributed by atoms with E-state index in [1.807, 2.05) is 37.3 Å². The summed E-state index contributed by atoms with van der Waals surface area (Å²) in [5, 5.41) is 6.20. The van der Waals surface area contributed by atoms with Crippen molar-refractivity contribution in [2.75, 3.05) is 11.9 Å². The van der Waals surface area contributed by atoms with Crippen LogP contribution in [0.5, 0.6) is 0 Å². The van der Waals surface area contributed by atoms with Gasteiger partial charge >= 0.3 is 0 Å². The number of carbonyl (C=O) groups excluding carboxylic acids is 1. The molecule has 0 aliphatic carbocycles. The van der Waals surface area contributed by atoms with E-state index < -0.39 is 0 Å². The standard InChI is InChI=1S/C16H26N2O/c1-12(16(3,4)5)11-17-13(2)15(19)18-14-9-7-6-8-10-14/h6-10,12-13,17H,11H2,1-5H3,(H,18,19). The van der Waals surface area contributed by atoms with Gasteiger partial charge < -0.3 is 10.6 Å². The van der Waals surface area contributed by atoms with Crippen molar-refractivity contribution in [3.63, 3.8) is 0 Å². The Bertz CT molecular complexity index is 395. The van der Waals surface area contributed by atoms with E-state index in [-0.39, 0.29) is 17.4 Å². The molecule has 19 heavy (non-hydrogen) atoms. The molecule has 0 spiro atoms. The summed E-state index contributed by atoms with van der Waals surface area (Å²) < 4.78 is 0. The van der Waals surface area contributed by atoms with E-state index in [0.717, 1.165) is 12.2 Å². The Morgan fingerprint density at radius 2 is 1.74 bits per heavy atom. The highest BCUT2D eigenvalue weighted by Crippen LogP contribution is 2.24. The Balaban J connectivity index is 2.41. The van der Waals surface area contributed by atoms with Gasteiger partial charge in [0.15, 0.2) is 0 Å². The molecule has 1 amide bonds. The molecule has 106 valence electrons. The number of para-hydroxylation sites is 1. The number of hydrogen-bond acceptors (Lipinski definition) is 2. The molecule has 0 aliphatic heterocycles. The predicted molar refractivity (Wildman–Crippen MR) is 81.2 cm³/mol. The lowest BCUT2D eigenvalue weighted by molar-refractivity contribution is -0.117. The molecule has 0 heterocycles. The van der Waals surface area contributed by atoms with Crippen molar-refractivity contribution in [1.29, 1.82) is 0 Å². The topological polar surface area (TPSA) is 41.1 Å². The van der Waals surface area contributed by atoms with Gasteiger partial charge in [-0.05, 0) is 36.9 Å². The van der Waals surface area contributed by atoms with Gasteiger partial charge in [-0.3, -0.25) is 4.79 Å². The summed E-state index contributed by atoms with van der Waals surface area (Å²) in [7, 11) is 0. The number of carbonyl (C=O) groups is 1. The minimum Gasteiger partial charge on any atom is -0.325 e. The number of nitrogens with one attached hydrogen (secondary N) is 2. The molecule has 0 saturated heterocycles. The lowest BCUT2D eigenvalue weighted by Crippen LogP contribution is -2.42. The molecule has 1 aromatic carbocycles. The van der Waals surface area contributed by atoms with Crippen molar-refractivity contribution >= 4 is 11.6 Å². The highest BCUT2D eigenvalue weighted by atomic mass is 16.2. The van der Waals surface area contributed by atoms with Crippen LogP contribution in [0.1, 0.15) is 34.6 Å². The average molecular weight is 262 g/mol. The van der Waals surface area contributed by atoms with Crippen molar-refractivity contribution in [3.05, 3.63) is 30.3 Å². The predicted octanol–water partition coefficient (Wildman–Crippen LogP) is 3.29. The molecule has 0 bridgehead atoms. The van der Waals surface area contributed by atoms with Crippen LogP contribution in [0.3, 0.4) is 0 Å². The van der Waals surface area contributed by atoms with E-state index in [2.05, 4.69) is 38.3 Å². The molecule has 2 N–H and O–H groups in total.